The molecule has 0 aromatic heterocycles. The Bertz CT molecular complexity index is 1060. The number of nitrogens with zero attached hydrogens (tertiary/aromatic N) is 1. The number of aliphatic hydroxyl groups is 1. The van der Waals surface area contributed by atoms with Crippen molar-refractivity contribution in [2.75, 3.05) is 19.8 Å². The lowest BCUT2D eigenvalue weighted by molar-refractivity contribution is -0.140. The van der Waals surface area contributed by atoms with Crippen molar-refractivity contribution in [3.05, 3.63) is 83.7 Å². The van der Waals surface area contributed by atoms with Crippen LogP contribution in [-0.2, 0) is 14.3 Å². The topological polar surface area (TPSA) is 76.1 Å². The molecule has 0 radical (unpaired) electrons. The van der Waals surface area contributed by atoms with Crippen molar-refractivity contribution in [3.8, 4) is 5.75 Å². The summed E-state index contributed by atoms with van der Waals surface area (Å²) in [5, 5.41) is 11.0. The monoisotopic (exact) mass is 437 g/mol. The van der Waals surface area contributed by atoms with Gasteiger partial charge in [-0.25, -0.2) is 4.39 Å². The SMILES string of the molecule is C=CCOc1ccc(C(O)=C2C(=O)C(=O)N(C[C@@H]3CCCO3)[C@@H]2c2ccccc2F)cc1. The first-order chi connectivity index (χ1) is 15.5. The second kappa shape index (κ2) is 9.36. The minimum atomic E-state index is -1.04. The van der Waals surface area contributed by atoms with Crippen LogP contribution in [0.4, 0.5) is 4.39 Å². The van der Waals surface area contributed by atoms with Crippen molar-refractivity contribution in [3.63, 3.8) is 0 Å². The van der Waals surface area contributed by atoms with Crippen LogP contribution in [0.3, 0.4) is 0 Å². The number of rotatable bonds is 7. The van der Waals surface area contributed by atoms with Crippen LogP contribution in [0.25, 0.3) is 5.76 Å². The quantitative estimate of drug-likeness (QED) is 0.307. The highest BCUT2D eigenvalue weighted by Crippen LogP contribution is 2.41. The molecular formula is C25H24FNO5. The molecule has 166 valence electrons. The van der Waals surface area contributed by atoms with E-state index >= 15 is 0 Å². The summed E-state index contributed by atoms with van der Waals surface area (Å²) in [7, 11) is 0. The molecule has 0 unspecified atom stereocenters. The van der Waals surface area contributed by atoms with Crippen molar-refractivity contribution < 1.29 is 28.6 Å². The lowest BCUT2D eigenvalue weighted by atomic mass is 9.94. The summed E-state index contributed by atoms with van der Waals surface area (Å²) in [5.41, 5.74) is 0.336. The molecule has 7 heteroatoms. The second-order valence-corrected chi connectivity index (χ2v) is 7.73. The molecule has 0 aliphatic carbocycles. The minimum Gasteiger partial charge on any atom is -0.507 e. The fourth-order valence-corrected chi connectivity index (χ4v) is 4.12. The van der Waals surface area contributed by atoms with E-state index in [0.717, 1.165) is 12.8 Å². The first kappa shape index (κ1) is 21.8. The Morgan fingerprint density at radius 1 is 1.22 bits per heavy atom. The number of Topliss-reactive ketones (excluding diaryl/α,β-unsaturated/α-hetero) is 1. The number of hydrogen-bond acceptors (Lipinski definition) is 5. The highest BCUT2D eigenvalue weighted by atomic mass is 19.1. The number of likely N-dealkylation sites (tertiary alicyclic amines) is 1. The molecule has 1 amide bonds. The Morgan fingerprint density at radius 3 is 2.62 bits per heavy atom. The minimum absolute atomic E-state index is 0.141. The molecule has 2 atom stereocenters. The van der Waals surface area contributed by atoms with Gasteiger partial charge in [-0.2, -0.15) is 0 Å². The summed E-state index contributed by atoms with van der Waals surface area (Å²) in [6.07, 6.45) is 2.99. The molecule has 0 spiro atoms. The second-order valence-electron chi connectivity index (χ2n) is 7.73. The molecule has 2 aromatic rings. The predicted molar refractivity (Wildman–Crippen MR) is 117 cm³/mol. The van der Waals surface area contributed by atoms with Gasteiger partial charge in [0.15, 0.2) is 0 Å². The molecule has 2 aromatic carbocycles. The van der Waals surface area contributed by atoms with Crippen LogP contribution in [0.1, 0.15) is 30.0 Å². The van der Waals surface area contributed by atoms with Crippen LogP contribution < -0.4 is 4.74 Å². The molecule has 32 heavy (non-hydrogen) atoms. The Morgan fingerprint density at radius 2 is 1.97 bits per heavy atom. The molecular weight excluding hydrogens is 413 g/mol. The third-order valence-electron chi connectivity index (χ3n) is 5.66. The Hall–Kier alpha value is -3.45. The van der Waals surface area contributed by atoms with Crippen LogP contribution in [0.5, 0.6) is 5.75 Å². The Balaban J connectivity index is 1.77. The average molecular weight is 437 g/mol. The predicted octanol–water partition coefficient (Wildman–Crippen LogP) is 3.99. The molecule has 0 saturated carbocycles. The van der Waals surface area contributed by atoms with E-state index in [9.17, 15) is 19.1 Å². The van der Waals surface area contributed by atoms with Crippen molar-refractivity contribution in [2.45, 2.75) is 25.0 Å². The van der Waals surface area contributed by atoms with Gasteiger partial charge in [0.05, 0.1) is 17.7 Å². The maximum absolute atomic E-state index is 14.8. The molecule has 4 rings (SSSR count). The van der Waals surface area contributed by atoms with Crippen LogP contribution in [-0.4, -0.2) is 47.6 Å². The number of halogens is 1. The normalized spacial score (nSPS) is 22.3. The van der Waals surface area contributed by atoms with Gasteiger partial charge in [-0.3, -0.25) is 9.59 Å². The smallest absolute Gasteiger partial charge is 0.295 e. The highest BCUT2D eigenvalue weighted by Gasteiger charge is 2.47. The number of amides is 1. The number of benzene rings is 2. The van der Waals surface area contributed by atoms with Gasteiger partial charge in [0.1, 0.15) is 23.9 Å². The van der Waals surface area contributed by atoms with Gasteiger partial charge in [0, 0.05) is 24.3 Å². The van der Waals surface area contributed by atoms with Gasteiger partial charge in [-0.05, 0) is 43.2 Å². The van der Waals surface area contributed by atoms with Crippen molar-refractivity contribution in [1.29, 1.82) is 0 Å². The first-order valence-electron chi connectivity index (χ1n) is 10.5. The fraction of sp³-hybridized carbons (Fsp3) is 0.280. The highest BCUT2D eigenvalue weighted by molar-refractivity contribution is 6.46. The first-order valence-corrected chi connectivity index (χ1v) is 10.5. The van der Waals surface area contributed by atoms with E-state index < -0.39 is 23.5 Å². The number of aliphatic hydroxyl groups excluding tert-OH is 1. The molecule has 6 nitrogen and oxygen atoms in total. The van der Waals surface area contributed by atoms with Gasteiger partial charge in [0.2, 0.25) is 0 Å². The maximum Gasteiger partial charge on any atom is 0.295 e. The van der Waals surface area contributed by atoms with E-state index in [1.807, 2.05) is 0 Å². The van der Waals surface area contributed by atoms with E-state index in [1.165, 1.54) is 23.1 Å². The molecule has 2 fully saturated rings. The number of ketones is 1. The standard InChI is InChI=1S/C25H24FNO5/c1-2-13-31-17-11-9-16(10-12-17)23(28)21-22(19-7-3-4-8-20(19)26)27(25(30)24(21)29)15-18-6-5-14-32-18/h2-4,7-12,18,22,28H,1,5-6,13-15H2/t18-,22+/m0/s1. The van der Waals surface area contributed by atoms with Crippen LogP contribution in [0.2, 0.25) is 0 Å². The van der Waals surface area contributed by atoms with Crippen molar-refractivity contribution >= 4 is 17.4 Å². The summed E-state index contributed by atoms with van der Waals surface area (Å²) in [4.78, 5) is 27.2. The molecule has 1 N–H and O–H groups in total. The van der Waals surface area contributed by atoms with E-state index in [1.54, 1.807) is 36.4 Å². The van der Waals surface area contributed by atoms with Gasteiger partial charge in [-0.15, -0.1) is 0 Å². The van der Waals surface area contributed by atoms with Gasteiger partial charge < -0.3 is 19.5 Å². The zero-order valence-corrected chi connectivity index (χ0v) is 17.5. The Kier molecular flexibility index (Phi) is 6.37. The molecule has 2 heterocycles. The number of hydrogen-bond donors (Lipinski definition) is 1. The number of carbonyl (C=O) groups excluding carboxylic acids is 2. The summed E-state index contributed by atoms with van der Waals surface area (Å²) in [5.74, 6) is -1.98. The van der Waals surface area contributed by atoms with Gasteiger partial charge in [-0.1, -0.05) is 30.9 Å². The van der Waals surface area contributed by atoms with Gasteiger partial charge in [0.25, 0.3) is 11.7 Å². The maximum atomic E-state index is 14.8. The zero-order chi connectivity index (χ0) is 22.7. The van der Waals surface area contributed by atoms with Crippen LogP contribution >= 0.6 is 0 Å². The van der Waals surface area contributed by atoms with Crippen LogP contribution in [0.15, 0.2) is 66.8 Å². The average Bonchev–Trinajstić information content (AvgIpc) is 3.40. The summed E-state index contributed by atoms with van der Waals surface area (Å²) < 4.78 is 25.9. The zero-order valence-electron chi connectivity index (χ0n) is 17.5. The largest absolute Gasteiger partial charge is 0.507 e. The molecule has 2 aliphatic heterocycles. The summed E-state index contributed by atoms with van der Waals surface area (Å²) in [6.45, 7) is 4.65. The molecule has 0 bridgehead atoms. The fourth-order valence-electron chi connectivity index (χ4n) is 4.12. The van der Waals surface area contributed by atoms with E-state index in [-0.39, 0.29) is 29.5 Å². The molecule has 2 saturated heterocycles. The van der Waals surface area contributed by atoms with Crippen LogP contribution in [0, 0.1) is 5.82 Å². The van der Waals surface area contributed by atoms with E-state index in [0.29, 0.717) is 24.5 Å². The Labute approximate surface area is 185 Å². The summed E-state index contributed by atoms with van der Waals surface area (Å²) in [6, 6.07) is 11.4. The van der Waals surface area contributed by atoms with Crippen molar-refractivity contribution in [1.82, 2.24) is 4.90 Å². The lowest BCUT2D eigenvalue weighted by Gasteiger charge is -2.27. The third kappa shape index (κ3) is 4.16. The van der Waals surface area contributed by atoms with Gasteiger partial charge >= 0.3 is 0 Å². The lowest BCUT2D eigenvalue weighted by Crippen LogP contribution is -2.36. The van der Waals surface area contributed by atoms with E-state index in [4.69, 9.17) is 9.47 Å². The van der Waals surface area contributed by atoms with E-state index in [2.05, 4.69) is 6.58 Å². The molecule has 2 aliphatic rings. The number of carbonyl (C=O) groups is 2. The summed E-state index contributed by atoms with van der Waals surface area (Å²) >= 11 is 0. The number of ether oxygens (including phenoxy) is 2. The third-order valence-corrected chi connectivity index (χ3v) is 5.66. The van der Waals surface area contributed by atoms with Crippen molar-refractivity contribution in [2.24, 2.45) is 0 Å².